The van der Waals surface area contributed by atoms with E-state index < -0.39 is 35.3 Å². The molecule has 32 heavy (non-hydrogen) atoms. The van der Waals surface area contributed by atoms with Crippen molar-refractivity contribution in [3.63, 3.8) is 0 Å². The molecule has 0 spiro atoms. The van der Waals surface area contributed by atoms with Crippen molar-refractivity contribution in [1.29, 1.82) is 0 Å². The maximum atomic E-state index is 12.5. The van der Waals surface area contributed by atoms with E-state index in [1.54, 1.807) is 20.8 Å². The van der Waals surface area contributed by atoms with Gasteiger partial charge in [0.15, 0.2) is 0 Å². The number of carbonyl (C=O) groups is 3. The third-order valence-electron chi connectivity index (χ3n) is 5.66. The van der Waals surface area contributed by atoms with Crippen LogP contribution in [-0.2, 0) is 19.0 Å². The summed E-state index contributed by atoms with van der Waals surface area (Å²) in [6, 6.07) is -0.417. The van der Waals surface area contributed by atoms with Gasteiger partial charge >= 0.3 is 18.2 Å². The Labute approximate surface area is 193 Å². The highest BCUT2D eigenvalue weighted by Crippen LogP contribution is 2.37. The molecule has 0 aromatic carbocycles. The molecule has 1 aliphatic carbocycles. The van der Waals surface area contributed by atoms with Crippen LogP contribution in [0.2, 0.25) is 0 Å². The second-order valence-corrected chi connectivity index (χ2v) is 10.8. The van der Waals surface area contributed by atoms with Crippen LogP contribution in [0, 0.1) is 17.8 Å². The first kappa shape index (κ1) is 28.0. The van der Waals surface area contributed by atoms with Gasteiger partial charge in [-0.3, -0.25) is 4.79 Å². The van der Waals surface area contributed by atoms with Crippen molar-refractivity contribution in [3.8, 4) is 0 Å². The van der Waals surface area contributed by atoms with Gasteiger partial charge in [-0.25, -0.2) is 9.59 Å². The van der Waals surface area contributed by atoms with E-state index in [0.717, 1.165) is 32.1 Å². The zero-order valence-corrected chi connectivity index (χ0v) is 21.2. The molecule has 8 heteroatoms. The van der Waals surface area contributed by atoms with Gasteiger partial charge in [0.25, 0.3) is 0 Å². The maximum Gasteiger partial charge on any atom is 0.407 e. The second kappa shape index (κ2) is 12.3. The van der Waals surface area contributed by atoms with Crippen molar-refractivity contribution >= 4 is 18.2 Å². The van der Waals surface area contributed by atoms with Gasteiger partial charge in [0.1, 0.15) is 11.2 Å². The lowest BCUT2D eigenvalue weighted by atomic mass is 9.72. The Balaban J connectivity index is 2.72. The third kappa shape index (κ3) is 11.0. The molecule has 0 aromatic heterocycles. The van der Waals surface area contributed by atoms with Crippen molar-refractivity contribution < 1.29 is 28.6 Å². The summed E-state index contributed by atoms with van der Waals surface area (Å²) in [5, 5.41) is 5.64. The summed E-state index contributed by atoms with van der Waals surface area (Å²) in [5.74, 6) is -0.0857. The molecule has 1 rings (SSSR count). The lowest BCUT2D eigenvalue weighted by Gasteiger charge is -2.35. The molecule has 1 saturated carbocycles. The average Bonchev–Trinajstić information content (AvgIpc) is 2.63. The summed E-state index contributed by atoms with van der Waals surface area (Å²) in [6.07, 6.45) is 4.83. The minimum absolute atomic E-state index is 0.316. The van der Waals surface area contributed by atoms with E-state index in [0.29, 0.717) is 24.8 Å². The highest BCUT2D eigenvalue weighted by Gasteiger charge is 2.35. The van der Waals surface area contributed by atoms with Crippen LogP contribution in [0.3, 0.4) is 0 Å². The Bertz CT molecular complexity index is 623. The molecule has 0 saturated heterocycles. The number of alkyl carbamates (subject to hydrolysis) is 2. The minimum Gasteiger partial charge on any atom is -0.469 e. The number of rotatable bonds is 8. The van der Waals surface area contributed by atoms with E-state index in [-0.39, 0.29) is 5.97 Å². The van der Waals surface area contributed by atoms with E-state index in [1.165, 1.54) is 7.11 Å². The molecule has 186 valence electrons. The SMILES string of the molecule is COC(=O)C(CC1CCCCC1CCNC(=O)OC(C)(C)C)[C@@H](C)NC(=O)OC(C)(C)C. The van der Waals surface area contributed by atoms with Gasteiger partial charge in [-0.2, -0.15) is 0 Å². The van der Waals surface area contributed by atoms with Gasteiger partial charge in [0.05, 0.1) is 13.0 Å². The van der Waals surface area contributed by atoms with Crippen LogP contribution in [0.15, 0.2) is 0 Å². The number of esters is 1. The summed E-state index contributed by atoms with van der Waals surface area (Å²) in [6.45, 7) is 13.3. The standard InChI is InChI=1S/C24H44N2O6/c1-16(26-22(29)32-24(5,6)7)19(20(27)30-8)15-18-12-10-9-11-17(18)13-14-25-21(28)31-23(2,3)4/h16-19H,9-15H2,1-8H3,(H,25,28)(H,26,29)/t16-,17?,18?,19?/m1/s1. The van der Waals surface area contributed by atoms with E-state index >= 15 is 0 Å². The van der Waals surface area contributed by atoms with Crippen LogP contribution in [-0.4, -0.2) is 49.1 Å². The normalized spacial score (nSPS) is 21.1. The highest BCUT2D eigenvalue weighted by atomic mass is 16.6. The smallest absolute Gasteiger partial charge is 0.407 e. The number of ether oxygens (including phenoxy) is 3. The molecule has 1 fully saturated rings. The topological polar surface area (TPSA) is 103 Å². The molecule has 4 atom stereocenters. The van der Waals surface area contributed by atoms with Crippen LogP contribution in [0.4, 0.5) is 9.59 Å². The molecule has 1 aliphatic rings. The number of hydrogen-bond donors (Lipinski definition) is 2. The quantitative estimate of drug-likeness (QED) is 0.402. The number of hydrogen-bond acceptors (Lipinski definition) is 6. The fourth-order valence-electron chi connectivity index (χ4n) is 4.22. The van der Waals surface area contributed by atoms with E-state index in [2.05, 4.69) is 10.6 Å². The first-order chi connectivity index (χ1) is 14.7. The monoisotopic (exact) mass is 456 g/mol. The first-order valence-corrected chi connectivity index (χ1v) is 11.8. The molecular weight excluding hydrogens is 412 g/mol. The summed E-state index contributed by atoms with van der Waals surface area (Å²) in [5.41, 5.74) is -1.14. The Morgan fingerprint density at radius 3 is 1.97 bits per heavy atom. The molecule has 2 amide bonds. The van der Waals surface area contributed by atoms with Crippen LogP contribution >= 0.6 is 0 Å². The molecule has 0 heterocycles. The Kier molecular flexibility index (Phi) is 10.8. The van der Waals surface area contributed by atoms with Gasteiger partial charge in [-0.05, 0) is 73.1 Å². The molecular formula is C24H44N2O6. The van der Waals surface area contributed by atoms with Crippen LogP contribution < -0.4 is 10.6 Å². The molecule has 3 unspecified atom stereocenters. The summed E-state index contributed by atoms with van der Waals surface area (Å²) < 4.78 is 15.7. The largest absolute Gasteiger partial charge is 0.469 e. The van der Waals surface area contributed by atoms with Crippen molar-refractivity contribution in [2.75, 3.05) is 13.7 Å². The van der Waals surface area contributed by atoms with Crippen LogP contribution in [0.25, 0.3) is 0 Å². The van der Waals surface area contributed by atoms with Gasteiger partial charge in [-0.15, -0.1) is 0 Å². The highest BCUT2D eigenvalue weighted by molar-refractivity contribution is 5.75. The molecule has 0 aromatic rings. The van der Waals surface area contributed by atoms with E-state index in [1.807, 2.05) is 27.7 Å². The molecule has 0 bridgehead atoms. The number of nitrogens with one attached hydrogen (secondary N) is 2. The van der Waals surface area contributed by atoms with Crippen molar-refractivity contribution in [3.05, 3.63) is 0 Å². The lowest BCUT2D eigenvalue weighted by Crippen LogP contribution is -2.45. The molecule has 0 radical (unpaired) electrons. The Morgan fingerprint density at radius 1 is 0.906 bits per heavy atom. The summed E-state index contributed by atoms with van der Waals surface area (Å²) in [4.78, 5) is 36.7. The first-order valence-electron chi connectivity index (χ1n) is 11.8. The van der Waals surface area contributed by atoms with Crippen molar-refractivity contribution in [2.45, 2.75) is 104 Å². The summed E-state index contributed by atoms with van der Waals surface area (Å²) >= 11 is 0. The average molecular weight is 457 g/mol. The van der Waals surface area contributed by atoms with Crippen molar-refractivity contribution in [1.82, 2.24) is 10.6 Å². The van der Waals surface area contributed by atoms with Crippen molar-refractivity contribution in [2.24, 2.45) is 17.8 Å². The molecule has 8 nitrogen and oxygen atoms in total. The van der Waals surface area contributed by atoms with Gasteiger partial charge in [0, 0.05) is 12.6 Å². The lowest BCUT2D eigenvalue weighted by molar-refractivity contribution is -0.147. The molecule has 2 N–H and O–H groups in total. The zero-order chi connectivity index (χ0) is 24.5. The van der Waals surface area contributed by atoms with E-state index in [9.17, 15) is 14.4 Å². The fourth-order valence-corrected chi connectivity index (χ4v) is 4.22. The zero-order valence-electron chi connectivity index (χ0n) is 21.2. The third-order valence-corrected chi connectivity index (χ3v) is 5.66. The predicted molar refractivity (Wildman–Crippen MR) is 123 cm³/mol. The number of methoxy groups -OCH3 is 1. The Morgan fingerprint density at radius 2 is 1.44 bits per heavy atom. The van der Waals surface area contributed by atoms with Crippen LogP contribution in [0.1, 0.15) is 87.0 Å². The summed E-state index contributed by atoms with van der Waals surface area (Å²) in [7, 11) is 1.37. The van der Waals surface area contributed by atoms with Gasteiger partial charge in [0.2, 0.25) is 0 Å². The van der Waals surface area contributed by atoms with Crippen LogP contribution in [0.5, 0.6) is 0 Å². The fraction of sp³-hybridized carbons (Fsp3) is 0.875. The minimum atomic E-state index is -0.611. The van der Waals surface area contributed by atoms with E-state index in [4.69, 9.17) is 14.2 Å². The Hall–Kier alpha value is -1.99. The van der Waals surface area contributed by atoms with Gasteiger partial charge in [-0.1, -0.05) is 25.7 Å². The second-order valence-electron chi connectivity index (χ2n) is 10.8. The predicted octanol–water partition coefficient (Wildman–Crippen LogP) is 4.80. The number of amides is 2. The number of carbonyl (C=O) groups excluding carboxylic acids is 3. The maximum absolute atomic E-state index is 12.5. The van der Waals surface area contributed by atoms with Gasteiger partial charge < -0.3 is 24.8 Å². The molecule has 0 aliphatic heterocycles.